The summed E-state index contributed by atoms with van der Waals surface area (Å²) in [5.74, 6) is -0.00454. The molecule has 1 unspecified atom stereocenters. The highest BCUT2D eigenvalue weighted by molar-refractivity contribution is 6.26. The van der Waals surface area contributed by atoms with Gasteiger partial charge in [0.2, 0.25) is 5.78 Å². The van der Waals surface area contributed by atoms with E-state index in [0.29, 0.717) is 29.5 Å². The predicted octanol–water partition coefficient (Wildman–Crippen LogP) is 4.18. The molecule has 0 saturated heterocycles. The zero-order chi connectivity index (χ0) is 16.0. The lowest BCUT2D eigenvalue weighted by molar-refractivity contribution is 0.0620. The van der Waals surface area contributed by atoms with Crippen LogP contribution in [0.25, 0.3) is 0 Å². The first-order chi connectivity index (χ1) is 11.1. The highest BCUT2D eigenvalue weighted by atomic mass is 16.5. The van der Waals surface area contributed by atoms with Gasteiger partial charge in [-0.15, -0.1) is 0 Å². The van der Waals surface area contributed by atoms with E-state index >= 15 is 0 Å². The quantitative estimate of drug-likeness (QED) is 0.794. The summed E-state index contributed by atoms with van der Waals surface area (Å²) in [6, 6.07) is 15.1. The number of aryl methyl sites for hydroxylation is 1. The molecule has 0 N–H and O–H groups in total. The van der Waals surface area contributed by atoms with Gasteiger partial charge in [-0.2, -0.15) is 0 Å². The zero-order valence-electron chi connectivity index (χ0n) is 12.8. The molecule has 114 valence electrons. The van der Waals surface area contributed by atoms with E-state index < -0.39 is 0 Å². The Hall–Kier alpha value is -2.68. The fourth-order valence-electron chi connectivity index (χ4n) is 3.25. The van der Waals surface area contributed by atoms with Crippen LogP contribution in [0, 0.1) is 6.92 Å². The number of Topliss-reactive ketones (excluding diaryl/α,β-unsaturated/α-hetero) is 2. The van der Waals surface area contributed by atoms with Crippen molar-refractivity contribution in [2.24, 2.45) is 0 Å². The minimum Gasteiger partial charge on any atom is -0.481 e. The summed E-state index contributed by atoms with van der Waals surface area (Å²) in [5.41, 5.74) is 3.69. The molecule has 0 amide bonds. The van der Waals surface area contributed by atoms with Gasteiger partial charge in [-0.25, -0.2) is 0 Å². The number of ether oxygens (including phenoxy) is 1. The second-order valence-corrected chi connectivity index (χ2v) is 6.07. The van der Waals surface area contributed by atoms with Gasteiger partial charge in [-0.3, -0.25) is 9.59 Å². The van der Waals surface area contributed by atoms with Crippen LogP contribution in [0.4, 0.5) is 0 Å². The highest BCUT2D eigenvalue weighted by Gasteiger charge is 2.37. The molecular weight excluding hydrogens is 288 g/mol. The average Bonchev–Trinajstić information content (AvgIpc) is 2.60. The van der Waals surface area contributed by atoms with E-state index in [4.69, 9.17) is 4.74 Å². The molecule has 1 heterocycles. The second kappa shape index (κ2) is 5.20. The lowest BCUT2D eigenvalue weighted by Gasteiger charge is -2.30. The summed E-state index contributed by atoms with van der Waals surface area (Å²) in [4.78, 5) is 25.3. The molecule has 2 aromatic carbocycles. The Bertz CT molecular complexity index is 843. The van der Waals surface area contributed by atoms with E-state index in [1.165, 1.54) is 5.56 Å². The number of hydrogen-bond acceptors (Lipinski definition) is 3. The molecule has 2 aliphatic rings. The Balaban J connectivity index is 1.71. The number of hydrogen-bond donors (Lipinski definition) is 0. The van der Waals surface area contributed by atoms with Crippen molar-refractivity contribution in [1.29, 1.82) is 0 Å². The summed E-state index contributed by atoms with van der Waals surface area (Å²) < 4.78 is 5.97. The van der Waals surface area contributed by atoms with Gasteiger partial charge in [0.05, 0.1) is 0 Å². The Morgan fingerprint density at radius 2 is 1.57 bits per heavy atom. The van der Waals surface area contributed by atoms with Crippen molar-refractivity contribution >= 4 is 11.6 Å². The molecule has 0 radical (unpaired) electrons. The van der Waals surface area contributed by atoms with Crippen LogP contribution in [-0.2, 0) is 4.74 Å². The largest absolute Gasteiger partial charge is 0.481 e. The number of carbonyl (C=O) groups excluding carboxylic acids is 2. The van der Waals surface area contributed by atoms with Crippen LogP contribution in [-0.4, -0.2) is 11.6 Å². The minimum absolute atomic E-state index is 0.0717. The molecule has 4 rings (SSSR count). The van der Waals surface area contributed by atoms with E-state index in [1.807, 2.05) is 31.2 Å². The first-order valence-electron chi connectivity index (χ1n) is 7.80. The van der Waals surface area contributed by atoms with E-state index in [2.05, 4.69) is 0 Å². The van der Waals surface area contributed by atoms with Crippen LogP contribution < -0.4 is 0 Å². The van der Waals surface area contributed by atoms with Gasteiger partial charge in [0.25, 0.3) is 0 Å². The highest BCUT2D eigenvalue weighted by Crippen LogP contribution is 2.39. The molecule has 1 aliphatic heterocycles. The Kier molecular flexibility index (Phi) is 3.15. The SMILES string of the molecule is Cc1ccc(C2CCC3=C(O2)C(=O)c2ccccc2C3=O)cc1. The standard InChI is InChI=1S/C20H16O3/c1-12-6-8-13(9-7-12)17-11-10-16-18(21)14-4-2-3-5-15(14)19(22)20(16)23-17/h2-9,17H,10-11H2,1H3. The fraction of sp³-hybridized carbons (Fsp3) is 0.200. The van der Waals surface area contributed by atoms with Crippen molar-refractivity contribution < 1.29 is 14.3 Å². The van der Waals surface area contributed by atoms with Crippen molar-refractivity contribution in [3.63, 3.8) is 0 Å². The maximum Gasteiger partial charge on any atom is 0.228 e. The molecule has 1 aliphatic carbocycles. The van der Waals surface area contributed by atoms with Gasteiger partial charge in [0, 0.05) is 16.7 Å². The zero-order valence-corrected chi connectivity index (χ0v) is 12.8. The minimum atomic E-state index is -0.174. The number of rotatable bonds is 1. The van der Waals surface area contributed by atoms with Crippen molar-refractivity contribution in [2.75, 3.05) is 0 Å². The van der Waals surface area contributed by atoms with Gasteiger partial charge >= 0.3 is 0 Å². The van der Waals surface area contributed by atoms with Crippen LogP contribution in [0.1, 0.15) is 50.8 Å². The molecule has 0 spiro atoms. The molecule has 23 heavy (non-hydrogen) atoms. The third-order valence-corrected chi connectivity index (χ3v) is 4.54. The third-order valence-electron chi connectivity index (χ3n) is 4.54. The maximum atomic E-state index is 12.7. The summed E-state index contributed by atoms with van der Waals surface area (Å²) in [7, 11) is 0. The molecule has 0 aromatic heterocycles. The van der Waals surface area contributed by atoms with Gasteiger partial charge in [-0.05, 0) is 25.3 Å². The Morgan fingerprint density at radius 3 is 2.26 bits per heavy atom. The predicted molar refractivity (Wildman–Crippen MR) is 86.4 cm³/mol. The summed E-state index contributed by atoms with van der Waals surface area (Å²) in [5, 5.41) is 0. The van der Waals surface area contributed by atoms with Crippen molar-refractivity contribution in [3.05, 3.63) is 82.1 Å². The number of allylic oxidation sites excluding steroid dienone is 2. The number of carbonyl (C=O) groups is 2. The van der Waals surface area contributed by atoms with Crippen LogP contribution in [0.3, 0.4) is 0 Å². The Morgan fingerprint density at radius 1 is 0.913 bits per heavy atom. The van der Waals surface area contributed by atoms with Crippen LogP contribution in [0.2, 0.25) is 0 Å². The van der Waals surface area contributed by atoms with E-state index in [1.54, 1.807) is 24.3 Å². The first-order valence-corrected chi connectivity index (χ1v) is 7.80. The molecule has 1 atom stereocenters. The van der Waals surface area contributed by atoms with E-state index in [-0.39, 0.29) is 23.4 Å². The molecule has 2 aromatic rings. The van der Waals surface area contributed by atoms with Gasteiger partial charge < -0.3 is 4.74 Å². The number of ketones is 2. The monoisotopic (exact) mass is 304 g/mol. The fourth-order valence-corrected chi connectivity index (χ4v) is 3.25. The molecule has 0 fully saturated rings. The smallest absolute Gasteiger partial charge is 0.228 e. The first kappa shape index (κ1) is 13.9. The molecular formula is C20H16O3. The summed E-state index contributed by atoms with van der Waals surface area (Å²) >= 11 is 0. The van der Waals surface area contributed by atoms with Crippen molar-refractivity contribution in [2.45, 2.75) is 25.9 Å². The molecule has 0 bridgehead atoms. The lowest BCUT2D eigenvalue weighted by Crippen LogP contribution is -2.28. The number of fused-ring (bicyclic) bond motifs is 1. The van der Waals surface area contributed by atoms with Crippen LogP contribution >= 0.6 is 0 Å². The lowest BCUT2D eigenvalue weighted by atomic mass is 9.83. The Labute approximate surface area is 134 Å². The average molecular weight is 304 g/mol. The van der Waals surface area contributed by atoms with Gasteiger partial charge in [-0.1, -0.05) is 54.1 Å². The normalized spacial score (nSPS) is 20.0. The summed E-state index contributed by atoms with van der Waals surface area (Å²) in [6.07, 6.45) is 1.12. The summed E-state index contributed by atoms with van der Waals surface area (Å²) in [6.45, 7) is 2.03. The van der Waals surface area contributed by atoms with E-state index in [9.17, 15) is 9.59 Å². The van der Waals surface area contributed by atoms with Crippen molar-refractivity contribution in [1.82, 2.24) is 0 Å². The maximum absolute atomic E-state index is 12.7. The molecule has 0 saturated carbocycles. The van der Waals surface area contributed by atoms with Crippen molar-refractivity contribution in [3.8, 4) is 0 Å². The number of benzene rings is 2. The topological polar surface area (TPSA) is 43.4 Å². The van der Waals surface area contributed by atoms with Crippen LogP contribution in [0.15, 0.2) is 59.9 Å². The van der Waals surface area contributed by atoms with E-state index in [0.717, 1.165) is 5.56 Å². The van der Waals surface area contributed by atoms with Crippen LogP contribution in [0.5, 0.6) is 0 Å². The molecule has 3 heteroatoms. The second-order valence-electron chi connectivity index (χ2n) is 6.07. The van der Waals surface area contributed by atoms with Gasteiger partial charge in [0.1, 0.15) is 6.10 Å². The molecule has 3 nitrogen and oxygen atoms in total. The van der Waals surface area contributed by atoms with Gasteiger partial charge in [0.15, 0.2) is 11.5 Å². The third kappa shape index (κ3) is 2.20.